The molecule has 1 amide bonds. The van der Waals surface area contributed by atoms with Gasteiger partial charge in [0.15, 0.2) is 5.13 Å². The van der Waals surface area contributed by atoms with Gasteiger partial charge in [-0.25, -0.2) is 4.98 Å². The molecule has 29 heavy (non-hydrogen) atoms. The van der Waals surface area contributed by atoms with Crippen LogP contribution < -0.4 is 4.90 Å². The minimum Gasteiger partial charge on any atom is -0.309 e. The van der Waals surface area contributed by atoms with Crippen molar-refractivity contribution in [1.82, 2.24) is 9.88 Å². The summed E-state index contributed by atoms with van der Waals surface area (Å²) < 4.78 is 0.943. The first kappa shape index (κ1) is 21.8. The Morgan fingerprint density at radius 3 is 2.48 bits per heavy atom. The fraction of sp³-hybridized carbons (Fsp3) is 0.391. The third-order valence-electron chi connectivity index (χ3n) is 5.04. The first-order chi connectivity index (χ1) is 13.8. The Kier molecular flexibility index (Phi) is 6.93. The van der Waals surface area contributed by atoms with Gasteiger partial charge >= 0.3 is 0 Å². The number of hydrogen-bond donors (Lipinski definition) is 0. The summed E-state index contributed by atoms with van der Waals surface area (Å²) in [6, 6.07) is 10.1. The lowest BCUT2D eigenvalue weighted by atomic mass is 10.0. The molecule has 0 aliphatic rings. The third-order valence-corrected chi connectivity index (χ3v) is 6.58. The third kappa shape index (κ3) is 5.16. The minimum absolute atomic E-state index is 0.0727. The van der Waals surface area contributed by atoms with Crippen molar-refractivity contribution in [3.05, 3.63) is 57.6 Å². The van der Waals surface area contributed by atoms with E-state index in [4.69, 9.17) is 16.6 Å². The molecule has 0 saturated carbocycles. The average molecular weight is 430 g/mol. The van der Waals surface area contributed by atoms with Crippen molar-refractivity contribution in [3.63, 3.8) is 0 Å². The maximum absolute atomic E-state index is 13.3. The molecule has 0 atom stereocenters. The number of thiazole rings is 1. The number of aryl methyl sites for hydroxylation is 3. The molecule has 0 bridgehead atoms. The summed E-state index contributed by atoms with van der Waals surface area (Å²) in [6.07, 6.45) is 1.25. The number of benzene rings is 2. The molecule has 0 saturated heterocycles. The van der Waals surface area contributed by atoms with Gasteiger partial charge in [0.1, 0.15) is 0 Å². The van der Waals surface area contributed by atoms with Crippen molar-refractivity contribution < 1.29 is 4.79 Å². The summed E-state index contributed by atoms with van der Waals surface area (Å²) >= 11 is 7.90. The van der Waals surface area contributed by atoms with Crippen LogP contribution in [0.15, 0.2) is 30.3 Å². The van der Waals surface area contributed by atoms with Crippen LogP contribution in [0, 0.1) is 20.8 Å². The van der Waals surface area contributed by atoms with E-state index < -0.39 is 0 Å². The molecule has 3 aromatic rings. The van der Waals surface area contributed by atoms with Crippen molar-refractivity contribution in [3.8, 4) is 0 Å². The van der Waals surface area contributed by atoms with Gasteiger partial charge in [0.25, 0.3) is 0 Å². The first-order valence-corrected chi connectivity index (χ1v) is 11.0. The zero-order valence-electron chi connectivity index (χ0n) is 17.8. The first-order valence-electron chi connectivity index (χ1n) is 9.83. The van der Waals surface area contributed by atoms with Crippen molar-refractivity contribution in [2.75, 3.05) is 32.1 Å². The number of hydrogen-bond acceptors (Lipinski definition) is 4. The van der Waals surface area contributed by atoms with E-state index in [0.29, 0.717) is 18.0 Å². The number of halogens is 1. The predicted octanol–water partition coefficient (Wildman–Crippen LogP) is 5.40. The van der Waals surface area contributed by atoms with Crippen LogP contribution in [0.3, 0.4) is 0 Å². The van der Waals surface area contributed by atoms with Crippen molar-refractivity contribution in [2.24, 2.45) is 0 Å². The largest absolute Gasteiger partial charge is 0.309 e. The highest BCUT2D eigenvalue weighted by Gasteiger charge is 2.22. The second-order valence-electron chi connectivity index (χ2n) is 7.85. The maximum Gasteiger partial charge on any atom is 0.233 e. The van der Waals surface area contributed by atoms with Gasteiger partial charge in [0, 0.05) is 6.54 Å². The quantitative estimate of drug-likeness (QED) is 0.504. The molecular weight excluding hydrogens is 402 g/mol. The molecule has 0 aliphatic heterocycles. The van der Waals surface area contributed by atoms with E-state index in [0.717, 1.165) is 45.0 Å². The molecule has 0 unspecified atom stereocenters. The highest BCUT2D eigenvalue weighted by Crippen LogP contribution is 2.36. The van der Waals surface area contributed by atoms with Crippen molar-refractivity contribution in [2.45, 2.75) is 33.6 Å². The second kappa shape index (κ2) is 9.24. The number of amides is 1. The minimum atomic E-state index is 0.0727. The van der Waals surface area contributed by atoms with Crippen LogP contribution in [0.2, 0.25) is 5.02 Å². The standard InChI is InChI=1S/C23H28ClN3OS/c1-15-7-9-18(17(3)13-15)14-20(28)27(12-6-11-26(4)5)23-25-21-16(2)8-10-19(24)22(21)29-23/h7-10,13H,6,11-12,14H2,1-5H3. The van der Waals surface area contributed by atoms with Crippen LogP contribution >= 0.6 is 22.9 Å². The Balaban J connectivity index is 1.92. The Hall–Kier alpha value is -1.95. The number of anilines is 1. The fourth-order valence-electron chi connectivity index (χ4n) is 3.38. The van der Waals surface area contributed by atoms with Gasteiger partial charge in [-0.3, -0.25) is 9.69 Å². The molecular formula is C23H28ClN3OS. The number of rotatable bonds is 7. The van der Waals surface area contributed by atoms with Crippen LogP contribution in [0.5, 0.6) is 0 Å². The maximum atomic E-state index is 13.3. The van der Waals surface area contributed by atoms with Crippen molar-refractivity contribution >= 4 is 44.2 Å². The normalized spacial score (nSPS) is 11.4. The molecule has 2 aromatic carbocycles. The van der Waals surface area contributed by atoms with Crippen LogP contribution in [0.25, 0.3) is 10.2 Å². The Morgan fingerprint density at radius 2 is 1.83 bits per heavy atom. The molecule has 3 rings (SSSR count). The number of carbonyl (C=O) groups is 1. The molecule has 0 radical (unpaired) electrons. The van der Waals surface area contributed by atoms with Gasteiger partial charge in [-0.05, 0) is 70.6 Å². The second-order valence-corrected chi connectivity index (χ2v) is 9.23. The molecule has 154 valence electrons. The molecule has 4 nitrogen and oxygen atoms in total. The Morgan fingerprint density at radius 1 is 1.07 bits per heavy atom. The number of nitrogens with zero attached hydrogens (tertiary/aromatic N) is 3. The highest BCUT2D eigenvalue weighted by molar-refractivity contribution is 7.23. The van der Waals surface area contributed by atoms with E-state index in [9.17, 15) is 4.79 Å². The summed E-state index contributed by atoms with van der Waals surface area (Å²) in [5.74, 6) is 0.0727. The van der Waals surface area contributed by atoms with Crippen LogP contribution in [-0.2, 0) is 11.2 Å². The molecule has 1 aromatic heterocycles. The highest BCUT2D eigenvalue weighted by atomic mass is 35.5. The van der Waals surface area contributed by atoms with E-state index in [-0.39, 0.29) is 5.91 Å². The number of carbonyl (C=O) groups excluding carboxylic acids is 1. The van der Waals surface area contributed by atoms with Crippen LogP contribution in [-0.4, -0.2) is 43.0 Å². The zero-order chi connectivity index (χ0) is 21.1. The smallest absolute Gasteiger partial charge is 0.233 e. The van der Waals surface area contributed by atoms with Crippen molar-refractivity contribution in [1.29, 1.82) is 0 Å². The molecule has 0 aliphatic carbocycles. The van der Waals surface area contributed by atoms with E-state index in [2.05, 4.69) is 36.9 Å². The molecule has 0 fully saturated rings. The average Bonchev–Trinajstić information content (AvgIpc) is 3.10. The molecule has 6 heteroatoms. The number of fused-ring (bicyclic) bond motifs is 1. The van der Waals surface area contributed by atoms with E-state index in [1.54, 1.807) is 0 Å². The zero-order valence-corrected chi connectivity index (χ0v) is 19.3. The number of aromatic nitrogens is 1. The molecule has 0 N–H and O–H groups in total. The lowest BCUT2D eigenvalue weighted by molar-refractivity contribution is -0.118. The van der Waals surface area contributed by atoms with E-state index >= 15 is 0 Å². The van der Waals surface area contributed by atoms with Gasteiger partial charge < -0.3 is 4.90 Å². The predicted molar refractivity (Wildman–Crippen MR) is 125 cm³/mol. The lowest BCUT2D eigenvalue weighted by Crippen LogP contribution is -2.34. The summed E-state index contributed by atoms with van der Waals surface area (Å²) in [6.45, 7) is 7.71. The Labute approximate surface area is 182 Å². The van der Waals surface area contributed by atoms with Gasteiger partial charge in [0.2, 0.25) is 5.91 Å². The molecule has 0 spiro atoms. The summed E-state index contributed by atoms with van der Waals surface area (Å²) in [5, 5.41) is 1.41. The van der Waals surface area contributed by atoms with Crippen LogP contribution in [0.4, 0.5) is 5.13 Å². The van der Waals surface area contributed by atoms with E-state index in [1.807, 2.05) is 38.1 Å². The monoisotopic (exact) mass is 429 g/mol. The lowest BCUT2D eigenvalue weighted by Gasteiger charge is -2.21. The summed E-state index contributed by atoms with van der Waals surface area (Å²) in [4.78, 5) is 22.1. The van der Waals surface area contributed by atoms with Gasteiger partial charge in [-0.15, -0.1) is 0 Å². The fourth-order valence-corrected chi connectivity index (χ4v) is 4.74. The molecule has 1 heterocycles. The van der Waals surface area contributed by atoms with Gasteiger partial charge in [-0.1, -0.05) is 52.8 Å². The van der Waals surface area contributed by atoms with Gasteiger partial charge in [0.05, 0.1) is 21.7 Å². The summed E-state index contributed by atoms with van der Waals surface area (Å²) in [5.41, 5.74) is 5.37. The van der Waals surface area contributed by atoms with E-state index in [1.165, 1.54) is 16.9 Å². The Bertz CT molecular complexity index is 989. The van der Waals surface area contributed by atoms with Crippen LogP contribution in [0.1, 0.15) is 28.7 Å². The topological polar surface area (TPSA) is 36.4 Å². The SMILES string of the molecule is Cc1ccc(CC(=O)N(CCCN(C)C)c2nc3c(C)ccc(Cl)c3s2)c(C)c1. The van der Waals surface area contributed by atoms with Gasteiger partial charge in [-0.2, -0.15) is 0 Å². The summed E-state index contributed by atoms with van der Waals surface area (Å²) in [7, 11) is 4.09.